The Hall–Kier alpha value is 0.189. The zero-order valence-corrected chi connectivity index (χ0v) is 26.0. The van der Waals surface area contributed by atoms with Crippen LogP contribution in [0.4, 0.5) is 0 Å². The van der Waals surface area contributed by atoms with Gasteiger partial charge in [0.05, 0.1) is 0 Å². The predicted molar refractivity (Wildman–Crippen MR) is 149 cm³/mol. The van der Waals surface area contributed by atoms with Gasteiger partial charge in [0.1, 0.15) is 0 Å². The fourth-order valence-electron chi connectivity index (χ4n) is 6.24. The topological polar surface area (TPSA) is 0 Å². The minimum absolute atomic E-state index is 0.0859. The number of rotatable bonds is 13. The Bertz CT molecular complexity index is 701. The summed E-state index contributed by atoms with van der Waals surface area (Å²) in [7, 11) is -0.0859. The van der Waals surface area contributed by atoms with E-state index in [9.17, 15) is 0 Å². The van der Waals surface area contributed by atoms with Gasteiger partial charge in [0.15, 0.2) is 0 Å². The molecule has 0 saturated carbocycles. The van der Waals surface area contributed by atoms with Crippen LogP contribution in [0.1, 0.15) is 113 Å². The molecular formula is C29H51PSn. The van der Waals surface area contributed by atoms with Gasteiger partial charge in [0.2, 0.25) is 0 Å². The summed E-state index contributed by atoms with van der Waals surface area (Å²) in [5.41, 5.74) is 8.12. The van der Waals surface area contributed by atoms with E-state index in [1.165, 1.54) is 44.1 Å². The Morgan fingerprint density at radius 2 is 1.23 bits per heavy atom. The first kappa shape index (κ1) is 27.4. The van der Waals surface area contributed by atoms with Crippen molar-refractivity contribution in [3.63, 3.8) is 0 Å². The molecule has 0 nitrogen and oxygen atoms in total. The van der Waals surface area contributed by atoms with Crippen LogP contribution >= 0.6 is 7.92 Å². The summed E-state index contributed by atoms with van der Waals surface area (Å²) in [6.45, 7) is 22.1. The predicted octanol–water partition coefficient (Wildman–Crippen LogP) is 10.4. The second-order valence-electron chi connectivity index (χ2n) is 10.8. The van der Waals surface area contributed by atoms with Crippen molar-refractivity contribution in [3.05, 3.63) is 39.7 Å². The van der Waals surface area contributed by atoms with Gasteiger partial charge in [-0.1, -0.05) is 0 Å². The van der Waals surface area contributed by atoms with E-state index in [2.05, 4.69) is 80.5 Å². The molecule has 0 aliphatic heterocycles. The van der Waals surface area contributed by atoms with E-state index in [1.54, 1.807) is 24.4 Å². The van der Waals surface area contributed by atoms with Crippen LogP contribution in [0.5, 0.6) is 0 Å². The first-order valence-electron chi connectivity index (χ1n) is 13.3. The van der Waals surface area contributed by atoms with Gasteiger partial charge in [-0.3, -0.25) is 0 Å². The fraction of sp³-hybridized carbons (Fsp3) is 0.724. The van der Waals surface area contributed by atoms with E-state index in [1.807, 2.05) is 10.9 Å². The summed E-state index contributed by atoms with van der Waals surface area (Å²) in [6, 6.07) is 4.83. The third-order valence-electron chi connectivity index (χ3n) is 7.71. The third-order valence-corrected chi connectivity index (χ3v) is 28.4. The summed E-state index contributed by atoms with van der Waals surface area (Å²) in [6.07, 6.45) is 11.3. The standard InChI is InChI=1S/C17H24P.3C4H9.Sn/c1-11(2)18(12(3)4)15-9-16-13(5)7-8-14(6)17(16)10-15;3*1-3-4-2;/h7-12H,1-6H3;3*1,3-4H2,2H3;. The Labute approximate surface area is 200 Å². The quantitative estimate of drug-likeness (QED) is 0.170. The van der Waals surface area contributed by atoms with Crippen molar-refractivity contribution in [3.8, 4) is 0 Å². The molecular weight excluding hydrogens is 498 g/mol. The van der Waals surface area contributed by atoms with E-state index >= 15 is 0 Å². The van der Waals surface area contributed by atoms with Gasteiger partial charge in [-0.15, -0.1) is 0 Å². The van der Waals surface area contributed by atoms with Crippen LogP contribution in [0.3, 0.4) is 0 Å². The Morgan fingerprint density at radius 3 is 1.65 bits per heavy atom. The van der Waals surface area contributed by atoms with Crippen molar-refractivity contribution in [2.24, 2.45) is 0 Å². The van der Waals surface area contributed by atoms with Gasteiger partial charge >= 0.3 is 201 Å². The Balaban J connectivity index is 2.76. The molecule has 0 fully saturated rings. The molecule has 0 radical (unpaired) electrons. The third kappa shape index (κ3) is 6.20. The molecule has 1 aromatic rings. The van der Waals surface area contributed by atoms with Crippen molar-refractivity contribution in [1.82, 2.24) is 0 Å². The molecule has 1 unspecified atom stereocenters. The maximum absolute atomic E-state index is 2.75. The molecule has 0 aromatic heterocycles. The second-order valence-corrected chi connectivity index (χ2v) is 27.9. The maximum atomic E-state index is 2.75. The van der Waals surface area contributed by atoms with Gasteiger partial charge in [-0.05, 0) is 0 Å². The summed E-state index contributed by atoms with van der Waals surface area (Å²) in [5, 5.41) is 1.94. The van der Waals surface area contributed by atoms with E-state index in [0.717, 1.165) is 15.3 Å². The fourth-order valence-corrected chi connectivity index (χ4v) is 31.0. The van der Waals surface area contributed by atoms with E-state index < -0.39 is 18.4 Å². The zero-order valence-electron chi connectivity index (χ0n) is 22.3. The number of hydrogen-bond donors (Lipinski definition) is 0. The van der Waals surface area contributed by atoms with Gasteiger partial charge in [0, 0.05) is 0 Å². The number of unbranched alkanes of at least 4 members (excludes halogenated alkanes) is 3. The monoisotopic (exact) mass is 550 g/mol. The molecule has 0 N–H and O–H groups in total. The van der Waals surface area contributed by atoms with Crippen molar-refractivity contribution in [2.45, 2.75) is 129 Å². The molecule has 31 heavy (non-hydrogen) atoms. The molecule has 1 aromatic carbocycles. The molecule has 0 heterocycles. The first-order valence-corrected chi connectivity index (χ1v) is 22.5. The molecule has 1 aliphatic rings. The van der Waals surface area contributed by atoms with Gasteiger partial charge in [0.25, 0.3) is 0 Å². The number of fused-ring (bicyclic) bond motifs is 1. The SMILES string of the molecule is CCC[CH2][Sn]([CH2]CCC)([CH2]CCC)[CH]1C(P(C(C)C)C(C)C)=Cc2c(C)ccc(C)c21. The minimum atomic E-state index is -2.49. The molecule has 2 rings (SSSR count). The molecule has 0 bridgehead atoms. The normalized spacial score (nSPS) is 16.5. The Morgan fingerprint density at radius 1 is 0.774 bits per heavy atom. The van der Waals surface area contributed by atoms with E-state index in [0.29, 0.717) is 0 Å². The second kappa shape index (κ2) is 12.6. The molecule has 0 saturated heterocycles. The summed E-state index contributed by atoms with van der Waals surface area (Å²) in [5.74, 6) is 0. The van der Waals surface area contributed by atoms with Crippen LogP contribution in [-0.2, 0) is 0 Å². The van der Waals surface area contributed by atoms with Crippen LogP contribution < -0.4 is 0 Å². The molecule has 2 heteroatoms. The molecule has 176 valence electrons. The van der Waals surface area contributed by atoms with Crippen molar-refractivity contribution in [2.75, 3.05) is 0 Å². The number of benzene rings is 1. The van der Waals surface area contributed by atoms with Crippen LogP contribution in [0.25, 0.3) is 6.08 Å². The average Bonchev–Trinajstić information content (AvgIpc) is 3.12. The van der Waals surface area contributed by atoms with E-state index in [-0.39, 0.29) is 7.92 Å². The number of allylic oxidation sites excluding steroid dienone is 1. The number of hydrogen-bond acceptors (Lipinski definition) is 0. The van der Waals surface area contributed by atoms with Crippen molar-refractivity contribution in [1.29, 1.82) is 0 Å². The van der Waals surface area contributed by atoms with Gasteiger partial charge in [-0.25, -0.2) is 0 Å². The average molecular weight is 549 g/mol. The van der Waals surface area contributed by atoms with Gasteiger partial charge < -0.3 is 0 Å². The number of aryl methyl sites for hydroxylation is 2. The Kier molecular flexibility index (Phi) is 11.1. The molecule has 1 aliphatic carbocycles. The first-order chi connectivity index (χ1) is 14.7. The van der Waals surface area contributed by atoms with Crippen LogP contribution in [0.2, 0.25) is 13.3 Å². The van der Waals surface area contributed by atoms with Crippen LogP contribution in [-0.4, -0.2) is 29.7 Å². The molecule has 0 amide bonds. The van der Waals surface area contributed by atoms with Crippen LogP contribution in [0, 0.1) is 13.8 Å². The van der Waals surface area contributed by atoms with E-state index in [4.69, 9.17) is 0 Å². The van der Waals surface area contributed by atoms with Crippen molar-refractivity contribution >= 4 is 32.4 Å². The summed E-state index contributed by atoms with van der Waals surface area (Å²) < 4.78 is 5.68. The van der Waals surface area contributed by atoms with Crippen LogP contribution in [0.15, 0.2) is 17.4 Å². The molecule has 1 atom stereocenters. The van der Waals surface area contributed by atoms with Gasteiger partial charge in [-0.2, -0.15) is 0 Å². The summed E-state index contributed by atoms with van der Waals surface area (Å²) >= 11 is -2.49. The van der Waals surface area contributed by atoms with Crippen molar-refractivity contribution < 1.29 is 0 Å². The summed E-state index contributed by atoms with van der Waals surface area (Å²) in [4.78, 5) is 0. The zero-order chi connectivity index (χ0) is 23.2. The molecule has 0 spiro atoms.